The summed E-state index contributed by atoms with van der Waals surface area (Å²) in [7, 11) is 0. The van der Waals surface area contributed by atoms with Crippen molar-refractivity contribution in [2.75, 3.05) is 0 Å². The Bertz CT molecular complexity index is 917. The van der Waals surface area contributed by atoms with E-state index in [9.17, 15) is 13.6 Å². The van der Waals surface area contributed by atoms with E-state index >= 15 is 0 Å². The second-order valence-electron chi connectivity index (χ2n) is 4.90. The topological polar surface area (TPSA) is 131 Å². The second-order valence-corrected chi connectivity index (χ2v) is 8.80. The zero-order chi connectivity index (χ0) is 19.0. The van der Waals surface area contributed by atoms with Crippen LogP contribution in [-0.2, 0) is 16.2 Å². The van der Waals surface area contributed by atoms with E-state index < -0.39 is 20.1 Å². The van der Waals surface area contributed by atoms with Crippen LogP contribution in [0.15, 0.2) is 61.1 Å². The second kappa shape index (κ2) is 9.12. The number of carbonyl (C=O) groups is 1. The molecule has 26 heavy (non-hydrogen) atoms. The number of carbonyl (C=O) groups excluding carboxylic acids is 1. The van der Waals surface area contributed by atoms with Gasteiger partial charge in [0, 0.05) is 11.6 Å². The standard InChI is InChI=1S/C8H10AsNO5.C8H6N2O/c1-7(11)10-14-9(12,15-13)8-5-3-2-4-6-8;11-7-3-1-2-6-4-9-5-10-8(6)7/h2-6,13H,1H3,(H,10,11);1-5,11H. The molecule has 0 aliphatic heterocycles. The Hall–Kier alpha value is -2.71. The van der Waals surface area contributed by atoms with Crippen molar-refractivity contribution in [3.05, 3.63) is 61.1 Å². The van der Waals surface area contributed by atoms with Crippen LogP contribution in [0.25, 0.3) is 10.9 Å². The van der Waals surface area contributed by atoms with Crippen molar-refractivity contribution in [3.8, 4) is 5.75 Å². The number of hydrogen-bond donors (Lipinski definition) is 3. The zero-order valence-corrected chi connectivity index (χ0v) is 15.5. The van der Waals surface area contributed by atoms with Crippen LogP contribution >= 0.6 is 0 Å². The van der Waals surface area contributed by atoms with Gasteiger partial charge in [0.2, 0.25) is 0 Å². The van der Waals surface area contributed by atoms with Crippen LogP contribution in [-0.4, -0.2) is 40.4 Å². The Kier molecular flexibility index (Phi) is 6.88. The fourth-order valence-electron chi connectivity index (χ4n) is 1.85. The van der Waals surface area contributed by atoms with Gasteiger partial charge in [-0.15, -0.1) is 0 Å². The Labute approximate surface area is 151 Å². The van der Waals surface area contributed by atoms with Crippen molar-refractivity contribution in [1.82, 2.24) is 15.4 Å². The quantitative estimate of drug-likeness (QED) is 0.325. The van der Waals surface area contributed by atoms with Gasteiger partial charge in [0.25, 0.3) is 0 Å². The maximum Gasteiger partial charge on any atom is 0.141 e. The van der Waals surface area contributed by atoms with Gasteiger partial charge in [-0.2, -0.15) is 0 Å². The predicted octanol–water partition coefficient (Wildman–Crippen LogP) is 1.16. The molecule has 1 unspecified atom stereocenters. The number of hydrogen-bond acceptors (Lipinski definition) is 8. The van der Waals surface area contributed by atoms with Gasteiger partial charge in [0.05, 0.1) is 0 Å². The number of aromatic nitrogens is 2. The minimum Gasteiger partial charge on any atom is -0.506 e. The number of fused-ring (bicyclic) bond motifs is 1. The summed E-state index contributed by atoms with van der Waals surface area (Å²) in [5.74, 6) is -0.338. The molecule has 1 atom stereocenters. The minimum absolute atomic E-state index is 0.199. The Balaban J connectivity index is 0.000000195. The van der Waals surface area contributed by atoms with Crippen LogP contribution in [0.2, 0.25) is 0 Å². The third-order valence-corrected chi connectivity index (χ3v) is 6.10. The van der Waals surface area contributed by atoms with Gasteiger partial charge in [0.1, 0.15) is 17.6 Å². The summed E-state index contributed by atoms with van der Waals surface area (Å²) in [5, 5.41) is 18.7. The molecular formula is C16H16AsN3O6. The first-order valence-corrected chi connectivity index (χ1v) is 10.5. The van der Waals surface area contributed by atoms with E-state index in [0.29, 0.717) is 5.52 Å². The minimum atomic E-state index is -4.55. The summed E-state index contributed by atoms with van der Waals surface area (Å²) in [6.07, 6.45) is 3.09. The number of nitrogens with zero attached hydrogens (tertiary/aromatic N) is 2. The molecule has 0 aliphatic carbocycles. The number of phenolic OH excluding ortho intramolecular Hbond substituents is 1. The summed E-state index contributed by atoms with van der Waals surface area (Å²) < 4.78 is 20.5. The predicted molar refractivity (Wildman–Crippen MR) is 92.3 cm³/mol. The Morgan fingerprint density at radius 2 is 1.88 bits per heavy atom. The third kappa shape index (κ3) is 5.14. The molecule has 0 bridgehead atoms. The van der Waals surface area contributed by atoms with Crippen molar-refractivity contribution < 1.29 is 26.6 Å². The van der Waals surface area contributed by atoms with Crippen LogP contribution in [0.1, 0.15) is 6.92 Å². The average molecular weight is 421 g/mol. The SMILES string of the molecule is CC(=O)NO[As](=O)(OO)c1ccccc1.Oc1cccc2cncnc12. The van der Waals surface area contributed by atoms with Crippen molar-refractivity contribution in [2.24, 2.45) is 0 Å². The first-order chi connectivity index (χ1) is 12.5. The molecule has 1 amide bonds. The molecular weight excluding hydrogens is 405 g/mol. The summed E-state index contributed by atoms with van der Waals surface area (Å²) in [5.41, 5.74) is 2.48. The van der Waals surface area contributed by atoms with Crippen molar-refractivity contribution in [1.29, 1.82) is 0 Å². The third-order valence-electron chi connectivity index (χ3n) is 3.00. The van der Waals surface area contributed by atoms with Gasteiger partial charge in [-0.3, -0.25) is 0 Å². The molecule has 9 nitrogen and oxygen atoms in total. The van der Waals surface area contributed by atoms with Gasteiger partial charge in [-0.05, 0) is 6.07 Å². The molecule has 0 spiro atoms. The van der Waals surface area contributed by atoms with Gasteiger partial charge < -0.3 is 5.11 Å². The largest absolute Gasteiger partial charge is 0.506 e. The van der Waals surface area contributed by atoms with E-state index in [-0.39, 0.29) is 10.1 Å². The van der Waals surface area contributed by atoms with E-state index in [1.807, 2.05) is 11.5 Å². The molecule has 10 heteroatoms. The Morgan fingerprint density at radius 3 is 2.50 bits per heavy atom. The van der Waals surface area contributed by atoms with Crippen LogP contribution < -0.4 is 9.83 Å². The number of aromatic hydroxyl groups is 1. The molecule has 0 aliphatic rings. The van der Waals surface area contributed by atoms with Crippen molar-refractivity contribution in [3.63, 3.8) is 0 Å². The molecule has 2 aromatic carbocycles. The molecule has 0 saturated carbocycles. The van der Waals surface area contributed by atoms with Gasteiger partial charge in [0.15, 0.2) is 0 Å². The number of amides is 1. The zero-order valence-electron chi connectivity index (χ0n) is 13.6. The van der Waals surface area contributed by atoms with Crippen LogP contribution in [0.5, 0.6) is 5.75 Å². The van der Waals surface area contributed by atoms with E-state index in [4.69, 9.17) is 5.26 Å². The Morgan fingerprint density at radius 1 is 1.15 bits per heavy atom. The summed E-state index contributed by atoms with van der Waals surface area (Å²) in [6, 6.07) is 13.1. The summed E-state index contributed by atoms with van der Waals surface area (Å²) in [6.45, 7) is 1.18. The first kappa shape index (κ1) is 19.6. The average Bonchev–Trinajstić information content (AvgIpc) is 2.68. The monoisotopic (exact) mass is 421 g/mol. The smallest absolute Gasteiger partial charge is 0.141 e. The van der Waals surface area contributed by atoms with Crippen LogP contribution in [0.4, 0.5) is 0 Å². The molecule has 1 heterocycles. The number of benzene rings is 2. The first-order valence-electron chi connectivity index (χ1n) is 7.28. The number of rotatable bonds is 4. The maximum absolute atomic E-state index is 11.8. The molecule has 3 aromatic rings. The number of para-hydroxylation sites is 1. The van der Waals surface area contributed by atoms with E-state index in [0.717, 1.165) is 5.39 Å². The molecule has 0 saturated heterocycles. The summed E-state index contributed by atoms with van der Waals surface area (Å²) in [4.78, 5) is 18.3. The fraction of sp³-hybridized carbons (Fsp3) is 0.0625. The van der Waals surface area contributed by atoms with E-state index in [1.54, 1.807) is 36.5 Å². The molecule has 0 fully saturated rings. The number of nitrogens with one attached hydrogen (secondary N) is 1. The number of hydroxylamine groups is 1. The van der Waals surface area contributed by atoms with Crippen LogP contribution in [0, 0.1) is 0 Å². The normalized spacial score (nSPS) is 12.5. The van der Waals surface area contributed by atoms with Crippen molar-refractivity contribution >= 4 is 35.3 Å². The van der Waals surface area contributed by atoms with Gasteiger partial charge in [-0.1, -0.05) is 12.1 Å². The van der Waals surface area contributed by atoms with Crippen molar-refractivity contribution in [2.45, 2.75) is 6.92 Å². The molecule has 3 N–H and O–H groups in total. The molecule has 0 radical (unpaired) electrons. The van der Waals surface area contributed by atoms with E-state index in [1.165, 1.54) is 25.4 Å². The van der Waals surface area contributed by atoms with Gasteiger partial charge >= 0.3 is 88.7 Å². The molecule has 3 rings (SSSR count). The summed E-state index contributed by atoms with van der Waals surface area (Å²) >= 11 is -4.55. The number of phenols is 1. The fourth-order valence-corrected chi connectivity index (χ4v) is 3.99. The maximum atomic E-state index is 11.8. The van der Waals surface area contributed by atoms with E-state index in [2.05, 4.69) is 17.7 Å². The molecule has 1 aromatic heterocycles. The van der Waals surface area contributed by atoms with Crippen LogP contribution in [0.3, 0.4) is 0 Å². The molecule has 136 valence electrons. The van der Waals surface area contributed by atoms with Gasteiger partial charge in [-0.25, -0.2) is 9.97 Å².